The van der Waals surface area contributed by atoms with E-state index in [9.17, 15) is 0 Å². The van der Waals surface area contributed by atoms with Gasteiger partial charge in [-0.15, -0.1) is 0 Å². The van der Waals surface area contributed by atoms with Crippen LogP contribution in [-0.2, 0) is 25.7 Å². The molecule has 2 aliphatic carbocycles. The largest absolute Gasteiger partial charge is 0.468 e. The van der Waals surface area contributed by atoms with Crippen LogP contribution in [0.2, 0.25) is 0 Å². The summed E-state index contributed by atoms with van der Waals surface area (Å²) >= 11 is 3.48. The Morgan fingerprint density at radius 3 is 1.89 bits per heavy atom. The van der Waals surface area contributed by atoms with Crippen LogP contribution in [0.5, 0.6) is 0 Å². The molecule has 0 saturated carbocycles. The molecule has 6 rings (SSSR count). The minimum Gasteiger partial charge on any atom is -0.468 e. The van der Waals surface area contributed by atoms with E-state index in [1.165, 1.54) is 11.3 Å². The van der Waals surface area contributed by atoms with Crippen molar-refractivity contribution in [1.29, 1.82) is 0 Å². The third kappa shape index (κ3) is 6.61. The second-order valence-electron chi connectivity index (χ2n) is 10.2. The van der Waals surface area contributed by atoms with E-state index in [0.29, 0.717) is 11.1 Å². The van der Waals surface area contributed by atoms with Gasteiger partial charge in [-0.3, -0.25) is 0 Å². The molecule has 0 amide bonds. The van der Waals surface area contributed by atoms with Gasteiger partial charge in [-0.2, -0.15) is 0 Å². The van der Waals surface area contributed by atoms with Crippen molar-refractivity contribution >= 4 is 33.0 Å². The molecular weight excluding hydrogens is 500 g/mol. The predicted molar refractivity (Wildman–Crippen MR) is 148 cm³/mol. The Morgan fingerprint density at radius 1 is 0.771 bits per heavy atom. The number of para-hydroxylation sites is 2. The molecule has 0 saturated heterocycles. The summed E-state index contributed by atoms with van der Waals surface area (Å²) in [6, 6.07) is -3.45. The van der Waals surface area contributed by atoms with Gasteiger partial charge in [0.05, 0.1) is 23.9 Å². The lowest BCUT2D eigenvalue weighted by Gasteiger charge is -2.15. The molecule has 184 valence electrons. The maximum absolute atomic E-state index is 7.95. The second kappa shape index (κ2) is 10.4. The minimum absolute atomic E-state index is 0.0827. The van der Waals surface area contributed by atoms with Gasteiger partial charge in [0.2, 0.25) is 0 Å². The Kier molecular flexibility index (Phi) is 4.52. The lowest BCUT2D eigenvalue weighted by atomic mass is 9.90. The Bertz CT molecular complexity index is 1650. The van der Waals surface area contributed by atoms with E-state index < -0.39 is 18.1 Å². The number of hydrogen-bond acceptors (Lipinski definition) is 4. The minimum atomic E-state index is -0.417. The van der Waals surface area contributed by atoms with Gasteiger partial charge in [0.25, 0.3) is 0 Å². The first kappa shape index (κ1) is 15.2. The number of anilines is 3. The van der Waals surface area contributed by atoms with Crippen LogP contribution in [0.15, 0.2) is 86.3 Å². The van der Waals surface area contributed by atoms with Crippen molar-refractivity contribution in [3.05, 3.63) is 100 Å². The van der Waals surface area contributed by atoms with E-state index in [0.717, 1.165) is 41.5 Å². The monoisotopic (exact) mass is 544 g/mol. The highest BCUT2D eigenvalue weighted by atomic mass is 79.9. The summed E-state index contributed by atoms with van der Waals surface area (Å²) in [5, 5.41) is 2.98. The molecule has 0 unspecified atom stereocenters. The normalized spacial score (nSPS) is 20.3. The second-order valence-corrected chi connectivity index (χ2v) is 11.1. The molecule has 0 atom stereocenters. The van der Waals surface area contributed by atoms with Gasteiger partial charge in [-0.1, -0.05) is 63.9 Å². The fourth-order valence-electron chi connectivity index (χ4n) is 4.26. The standard InChI is InChI=1S/C15H17NO.C9H11BrO.C6H7N/c1-15(2)8-12-13(10-17-14(12)9-15)16-11-6-4-3-5-7-11;1-9(2)3-6-7(10)5-11-8(6)4-9;7-6-4-2-1-3-5-6/h3-7,10,16H,8-9H2,1-2H3;5H,3-4H2,1-2H3;1-5H,7H2/i3D,4D,5D,6D,7D;;1D,2D,3D,4D,5D. The quantitative estimate of drug-likeness (QED) is 0.248. The Balaban J connectivity index is 0.000000169. The number of fused-ring (bicyclic) bond motifs is 2. The summed E-state index contributed by atoms with van der Waals surface area (Å²) in [5.74, 6) is 2.07. The Morgan fingerprint density at radius 2 is 1.29 bits per heavy atom. The van der Waals surface area contributed by atoms with Gasteiger partial charge in [0.1, 0.15) is 24.0 Å². The first-order valence-corrected chi connectivity index (χ1v) is 12.1. The average molecular weight is 546 g/mol. The van der Waals surface area contributed by atoms with Crippen LogP contribution in [0.3, 0.4) is 0 Å². The number of benzene rings is 2. The zero-order valence-electron chi connectivity index (χ0n) is 30.3. The Labute approximate surface area is 231 Å². The molecule has 0 fully saturated rings. The number of halogens is 1. The third-order valence-corrected chi connectivity index (χ3v) is 6.44. The van der Waals surface area contributed by atoms with E-state index in [-0.39, 0.29) is 59.1 Å². The van der Waals surface area contributed by atoms with Crippen LogP contribution in [0.25, 0.3) is 0 Å². The molecule has 0 bridgehead atoms. The number of rotatable bonds is 2. The van der Waals surface area contributed by atoms with E-state index >= 15 is 0 Å². The number of nitrogens with one attached hydrogen (secondary N) is 1. The fourth-order valence-corrected chi connectivity index (χ4v) is 4.71. The maximum atomic E-state index is 7.95. The van der Waals surface area contributed by atoms with Gasteiger partial charge in [-0.05, 0) is 63.8 Å². The van der Waals surface area contributed by atoms with E-state index in [1.54, 1.807) is 12.5 Å². The van der Waals surface area contributed by atoms with Crippen LogP contribution in [0.4, 0.5) is 17.1 Å². The van der Waals surface area contributed by atoms with E-state index in [4.69, 9.17) is 28.3 Å². The molecule has 3 N–H and O–H groups in total. The first-order chi connectivity index (χ1) is 20.8. The smallest absolute Gasteiger partial charge is 0.114 e. The van der Waals surface area contributed by atoms with Gasteiger partial charge in [0, 0.05) is 35.3 Å². The number of nitrogens with two attached hydrogens (primary N) is 1. The molecule has 0 aliphatic heterocycles. The summed E-state index contributed by atoms with van der Waals surface area (Å²) in [6.45, 7) is 8.84. The number of nitrogen functional groups attached to an aromatic ring is 1. The van der Waals surface area contributed by atoms with Crippen molar-refractivity contribution in [3.8, 4) is 0 Å². The molecule has 35 heavy (non-hydrogen) atoms. The summed E-state index contributed by atoms with van der Waals surface area (Å²) in [4.78, 5) is 0. The topological polar surface area (TPSA) is 64.3 Å². The lowest BCUT2D eigenvalue weighted by molar-refractivity contribution is 0.363. The summed E-state index contributed by atoms with van der Waals surface area (Å²) < 4.78 is 86.9. The van der Waals surface area contributed by atoms with Crippen LogP contribution < -0.4 is 11.1 Å². The maximum Gasteiger partial charge on any atom is 0.114 e. The molecule has 4 aromatic rings. The SMILES string of the molecule is CC1(C)Cc2occ(Br)c2C1.[2H]c1c([2H])c([2H])c(N)c([2H])c1[2H].[2H]c1c([2H])c([2H])c(Nc2coc3c2CC(C)(C)C3)c([2H])c1[2H]. The van der Waals surface area contributed by atoms with Crippen molar-refractivity contribution in [2.24, 2.45) is 10.8 Å². The van der Waals surface area contributed by atoms with Gasteiger partial charge in [0.15, 0.2) is 0 Å². The van der Waals surface area contributed by atoms with Crippen LogP contribution in [0, 0.1) is 10.8 Å². The molecule has 2 aliphatic rings. The summed E-state index contributed by atoms with van der Waals surface area (Å²) in [5.41, 5.74) is 8.72. The lowest BCUT2D eigenvalue weighted by Crippen LogP contribution is -2.10. The summed E-state index contributed by atoms with van der Waals surface area (Å²) in [7, 11) is 0. The molecule has 5 heteroatoms. The Hall–Kier alpha value is -2.92. The molecule has 0 radical (unpaired) electrons. The van der Waals surface area contributed by atoms with Gasteiger partial charge < -0.3 is 19.9 Å². The van der Waals surface area contributed by atoms with Crippen molar-refractivity contribution in [3.63, 3.8) is 0 Å². The van der Waals surface area contributed by atoms with Crippen LogP contribution >= 0.6 is 15.9 Å². The number of furan rings is 2. The zero-order chi connectivity index (χ0) is 33.8. The molecule has 4 nitrogen and oxygen atoms in total. The predicted octanol–water partition coefficient (Wildman–Crippen LogP) is 8.58. The van der Waals surface area contributed by atoms with Gasteiger partial charge >= 0.3 is 0 Å². The van der Waals surface area contributed by atoms with Crippen molar-refractivity contribution in [2.45, 2.75) is 53.4 Å². The summed E-state index contributed by atoms with van der Waals surface area (Å²) in [6.07, 6.45) is 7.23. The molecule has 2 heterocycles. The zero-order valence-corrected chi connectivity index (χ0v) is 21.8. The average Bonchev–Trinajstić information content (AvgIpc) is 3.69. The van der Waals surface area contributed by atoms with E-state index in [1.807, 2.05) is 0 Å². The van der Waals surface area contributed by atoms with E-state index in [2.05, 4.69) is 48.9 Å². The van der Waals surface area contributed by atoms with Crippen molar-refractivity contribution < 1.29 is 22.5 Å². The third-order valence-electron chi connectivity index (χ3n) is 5.78. The highest BCUT2D eigenvalue weighted by Gasteiger charge is 2.33. The highest BCUT2D eigenvalue weighted by molar-refractivity contribution is 9.10. The first-order valence-electron chi connectivity index (χ1n) is 16.3. The molecular formula is C30H35BrN2O2. The molecule has 2 aromatic heterocycles. The van der Waals surface area contributed by atoms with Crippen molar-refractivity contribution in [2.75, 3.05) is 11.1 Å². The van der Waals surface area contributed by atoms with Crippen molar-refractivity contribution in [1.82, 2.24) is 0 Å². The number of hydrogen-bond donors (Lipinski definition) is 2. The molecule has 0 spiro atoms. The fraction of sp³-hybridized carbons (Fsp3) is 0.333. The molecule has 2 aromatic carbocycles. The van der Waals surface area contributed by atoms with Crippen LogP contribution in [-0.4, -0.2) is 0 Å². The highest BCUT2D eigenvalue weighted by Crippen LogP contribution is 2.42. The van der Waals surface area contributed by atoms with Gasteiger partial charge in [-0.25, -0.2) is 0 Å². The van der Waals surface area contributed by atoms with Crippen LogP contribution in [0.1, 0.15) is 64.0 Å².